The maximum Gasteiger partial charge on any atom is 0.387 e. The monoisotopic (exact) mass is 481 g/mol. The van der Waals surface area contributed by atoms with Gasteiger partial charge in [-0.2, -0.15) is 8.78 Å². The second kappa shape index (κ2) is 10.8. The summed E-state index contributed by atoms with van der Waals surface area (Å²) < 4.78 is 32.2. The zero-order valence-electron chi connectivity index (χ0n) is 20.0. The number of para-hydroxylation sites is 2. The minimum atomic E-state index is -2.90. The highest BCUT2D eigenvalue weighted by Gasteiger charge is 2.33. The van der Waals surface area contributed by atoms with Gasteiger partial charge in [0.25, 0.3) is 0 Å². The summed E-state index contributed by atoms with van der Waals surface area (Å²) in [5.74, 6) is 0.799. The summed E-state index contributed by atoms with van der Waals surface area (Å²) in [5.41, 5.74) is 2.29. The van der Waals surface area contributed by atoms with E-state index >= 15 is 0 Å². The number of aromatic nitrogens is 2. The standard InChI is InChI=1S/C28H33F2N3O2/c29-28(30)35-23-15-9-10-20(18-23)27-31-24-16-7-8-17-25(24)32(27)19-26(34)33(21-11-3-1-4-12-21)22-13-5-2-6-14-22/h7-10,15-18,21-22,28H,1-6,11-14,19H2. The van der Waals surface area contributed by atoms with Crippen LogP contribution in [0.2, 0.25) is 0 Å². The van der Waals surface area contributed by atoms with E-state index in [0.29, 0.717) is 23.5 Å². The fraction of sp³-hybridized carbons (Fsp3) is 0.500. The first-order chi connectivity index (χ1) is 17.1. The Kier molecular flexibility index (Phi) is 7.30. The molecule has 1 aromatic heterocycles. The lowest BCUT2D eigenvalue weighted by Gasteiger charge is -2.42. The van der Waals surface area contributed by atoms with E-state index in [1.807, 2.05) is 34.9 Å². The lowest BCUT2D eigenvalue weighted by atomic mass is 9.88. The van der Waals surface area contributed by atoms with Gasteiger partial charge in [0.2, 0.25) is 5.91 Å². The van der Waals surface area contributed by atoms with Crippen molar-refractivity contribution in [1.29, 1.82) is 0 Å². The Morgan fingerprint density at radius 1 is 0.943 bits per heavy atom. The van der Waals surface area contributed by atoms with Crippen molar-refractivity contribution in [2.45, 2.75) is 89.4 Å². The third kappa shape index (κ3) is 5.34. The number of rotatable bonds is 7. The van der Waals surface area contributed by atoms with E-state index in [4.69, 9.17) is 4.98 Å². The number of carbonyl (C=O) groups is 1. The van der Waals surface area contributed by atoms with Crippen LogP contribution in [-0.4, -0.2) is 39.1 Å². The molecule has 2 saturated carbocycles. The molecule has 0 N–H and O–H groups in total. The molecule has 2 aliphatic rings. The van der Waals surface area contributed by atoms with Crippen molar-refractivity contribution < 1.29 is 18.3 Å². The number of hydrogen-bond donors (Lipinski definition) is 0. The highest BCUT2D eigenvalue weighted by molar-refractivity contribution is 5.85. The van der Waals surface area contributed by atoms with Gasteiger partial charge in [0.1, 0.15) is 18.1 Å². The molecule has 0 saturated heterocycles. The summed E-state index contributed by atoms with van der Waals surface area (Å²) in [5, 5.41) is 0. The number of hydrogen-bond acceptors (Lipinski definition) is 3. The lowest BCUT2D eigenvalue weighted by molar-refractivity contribution is -0.138. The molecule has 2 aliphatic carbocycles. The maximum atomic E-state index is 14.0. The normalized spacial score (nSPS) is 17.7. The minimum Gasteiger partial charge on any atom is -0.435 e. The second-order valence-electron chi connectivity index (χ2n) is 9.80. The molecule has 5 rings (SSSR count). The number of amides is 1. The van der Waals surface area contributed by atoms with Crippen molar-refractivity contribution >= 4 is 16.9 Å². The summed E-state index contributed by atoms with van der Waals surface area (Å²) in [6.07, 6.45) is 11.5. The van der Waals surface area contributed by atoms with E-state index in [1.54, 1.807) is 12.1 Å². The molecule has 2 aromatic carbocycles. The molecule has 1 amide bonds. The molecule has 186 valence electrons. The number of benzene rings is 2. The molecular weight excluding hydrogens is 448 g/mol. The fourth-order valence-corrected chi connectivity index (χ4v) is 5.91. The average molecular weight is 482 g/mol. The molecule has 0 atom stereocenters. The largest absolute Gasteiger partial charge is 0.435 e. The summed E-state index contributed by atoms with van der Waals surface area (Å²) in [6, 6.07) is 14.9. The Bertz CT molecular complexity index is 1130. The van der Waals surface area contributed by atoms with Gasteiger partial charge in [0, 0.05) is 17.6 Å². The van der Waals surface area contributed by atoms with Crippen LogP contribution in [0.15, 0.2) is 48.5 Å². The van der Waals surface area contributed by atoms with Crippen LogP contribution < -0.4 is 4.74 Å². The molecule has 3 aromatic rings. The number of imidazole rings is 1. The Morgan fingerprint density at radius 2 is 1.60 bits per heavy atom. The molecule has 0 radical (unpaired) electrons. The summed E-state index contributed by atoms with van der Waals surface area (Å²) in [4.78, 5) is 21.0. The summed E-state index contributed by atoms with van der Waals surface area (Å²) in [6.45, 7) is -2.71. The van der Waals surface area contributed by atoms with Crippen molar-refractivity contribution in [3.63, 3.8) is 0 Å². The minimum absolute atomic E-state index is 0.0773. The number of ether oxygens (including phenoxy) is 1. The smallest absolute Gasteiger partial charge is 0.387 e. The van der Waals surface area contributed by atoms with E-state index in [2.05, 4.69) is 9.64 Å². The first kappa shape index (κ1) is 23.8. The van der Waals surface area contributed by atoms with Crippen molar-refractivity contribution in [2.24, 2.45) is 0 Å². The molecule has 35 heavy (non-hydrogen) atoms. The molecular formula is C28H33F2N3O2. The number of alkyl halides is 2. The zero-order valence-corrected chi connectivity index (χ0v) is 20.0. The zero-order chi connectivity index (χ0) is 24.2. The Balaban J connectivity index is 1.50. The van der Waals surface area contributed by atoms with Crippen molar-refractivity contribution in [3.05, 3.63) is 48.5 Å². The van der Waals surface area contributed by atoms with Gasteiger partial charge < -0.3 is 14.2 Å². The van der Waals surface area contributed by atoms with Gasteiger partial charge >= 0.3 is 6.61 Å². The van der Waals surface area contributed by atoms with Crippen LogP contribution in [-0.2, 0) is 11.3 Å². The fourth-order valence-electron chi connectivity index (χ4n) is 5.91. The molecule has 5 nitrogen and oxygen atoms in total. The number of halogens is 2. The van der Waals surface area contributed by atoms with E-state index in [0.717, 1.165) is 36.7 Å². The van der Waals surface area contributed by atoms with Crippen LogP contribution in [0.4, 0.5) is 8.78 Å². The van der Waals surface area contributed by atoms with Gasteiger partial charge in [0.15, 0.2) is 0 Å². The quantitative estimate of drug-likeness (QED) is 0.373. The van der Waals surface area contributed by atoms with Gasteiger partial charge in [-0.3, -0.25) is 4.79 Å². The molecule has 0 unspecified atom stereocenters. The van der Waals surface area contributed by atoms with Gasteiger partial charge in [0.05, 0.1) is 11.0 Å². The highest BCUT2D eigenvalue weighted by Crippen LogP contribution is 2.32. The summed E-state index contributed by atoms with van der Waals surface area (Å²) >= 11 is 0. The van der Waals surface area contributed by atoms with Crippen LogP contribution in [0.25, 0.3) is 22.4 Å². The Morgan fingerprint density at radius 3 is 2.26 bits per heavy atom. The predicted octanol–water partition coefficient (Wildman–Crippen LogP) is 6.80. The Labute approximate surface area is 205 Å². The molecule has 0 spiro atoms. The molecule has 2 fully saturated rings. The molecule has 1 heterocycles. The van der Waals surface area contributed by atoms with Crippen LogP contribution in [0.3, 0.4) is 0 Å². The third-order valence-electron chi connectivity index (χ3n) is 7.49. The number of nitrogens with zero attached hydrogens (tertiary/aromatic N) is 3. The van der Waals surface area contributed by atoms with E-state index in [9.17, 15) is 13.6 Å². The van der Waals surface area contributed by atoms with Gasteiger partial charge in [-0.15, -0.1) is 0 Å². The Hall–Kier alpha value is -2.96. The van der Waals surface area contributed by atoms with E-state index in [-0.39, 0.29) is 18.2 Å². The molecule has 0 bridgehead atoms. The average Bonchev–Trinajstić information content (AvgIpc) is 3.24. The van der Waals surface area contributed by atoms with Crippen LogP contribution in [0.1, 0.15) is 64.2 Å². The molecule has 0 aliphatic heterocycles. The van der Waals surface area contributed by atoms with Crippen LogP contribution >= 0.6 is 0 Å². The SMILES string of the molecule is O=C(Cn1c(-c2cccc(OC(F)F)c2)nc2ccccc21)N(C1CCCCC1)C1CCCCC1. The highest BCUT2D eigenvalue weighted by atomic mass is 19.3. The second-order valence-corrected chi connectivity index (χ2v) is 9.80. The van der Waals surface area contributed by atoms with Gasteiger partial charge in [-0.25, -0.2) is 4.98 Å². The van der Waals surface area contributed by atoms with Gasteiger partial charge in [-0.05, 0) is 49.9 Å². The predicted molar refractivity (Wildman–Crippen MR) is 132 cm³/mol. The first-order valence-electron chi connectivity index (χ1n) is 12.9. The molecule has 7 heteroatoms. The van der Waals surface area contributed by atoms with E-state index in [1.165, 1.54) is 44.6 Å². The van der Waals surface area contributed by atoms with Crippen molar-refractivity contribution in [3.8, 4) is 17.1 Å². The number of fused-ring (bicyclic) bond motifs is 1. The van der Waals surface area contributed by atoms with Gasteiger partial charge in [-0.1, -0.05) is 62.8 Å². The maximum absolute atomic E-state index is 14.0. The first-order valence-corrected chi connectivity index (χ1v) is 12.9. The van der Waals surface area contributed by atoms with Crippen LogP contribution in [0, 0.1) is 0 Å². The topological polar surface area (TPSA) is 47.4 Å². The van der Waals surface area contributed by atoms with Crippen molar-refractivity contribution in [1.82, 2.24) is 14.5 Å². The summed E-state index contributed by atoms with van der Waals surface area (Å²) in [7, 11) is 0. The van der Waals surface area contributed by atoms with Crippen LogP contribution in [0.5, 0.6) is 5.75 Å². The number of carbonyl (C=O) groups excluding carboxylic acids is 1. The van der Waals surface area contributed by atoms with Crippen molar-refractivity contribution in [2.75, 3.05) is 0 Å². The van der Waals surface area contributed by atoms with E-state index < -0.39 is 6.61 Å². The third-order valence-corrected chi connectivity index (χ3v) is 7.49. The lowest BCUT2D eigenvalue weighted by Crippen LogP contribution is -2.50.